The molecule has 0 unspecified atom stereocenters. The van der Waals surface area contributed by atoms with Crippen molar-refractivity contribution in [2.75, 3.05) is 26.7 Å². The highest BCUT2D eigenvalue weighted by Crippen LogP contribution is 1.97. The van der Waals surface area contributed by atoms with Crippen molar-refractivity contribution in [2.24, 2.45) is 0 Å². The second-order valence-corrected chi connectivity index (χ2v) is 3.27. The van der Waals surface area contributed by atoms with Crippen LogP contribution in [-0.4, -0.2) is 47.7 Å². The van der Waals surface area contributed by atoms with Crippen molar-refractivity contribution in [3.05, 3.63) is 0 Å². The van der Waals surface area contributed by atoms with E-state index in [2.05, 4.69) is 39.3 Å². The first-order chi connectivity index (χ1) is 5.41. The van der Waals surface area contributed by atoms with E-state index in [0.29, 0.717) is 0 Å². The van der Waals surface area contributed by atoms with Crippen molar-refractivity contribution < 1.29 is 14.5 Å². The van der Waals surface area contributed by atoms with Crippen LogP contribution in [0.3, 0.4) is 0 Å². The smallest absolute Gasteiger partial charge is 0.414 e. The van der Waals surface area contributed by atoms with Crippen LogP contribution in [0, 0.1) is 0 Å². The van der Waals surface area contributed by atoms with Crippen molar-refractivity contribution in [3.63, 3.8) is 0 Å². The number of hydrogen-bond acceptors (Lipinski definition) is 2. The third kappa shape index (κ3) is 10.2. The molecule has 0 aromatic rings. The normalized spacial score (nSPS) is 10.2. The van der Waals surface area contributed by atoms with Gasteiger partial charge in [0.05, 0.1) is 26.7 Å². The summed E-state index contributed by atoms with van der Waals surface area (Å²) in [5.74, 6) is 0. The van der Waals surface area contributed by atoms with Crippen LogP contribution in [0.25, 0.3) is 0 Å². The molecular formula is C7H20BClNO2+. The molecule has 0 aromatic heterocycles. The summed E-state index contributed by atoms with van der Waals surface area (Å²) in [5.41, 5.74) is 0. The minimum atomic E-state index is -1.69. The van der Waals surface area contributed by atoms with Crippen molar-refractivity contribution in [2.45, 2.75) is 20.8 Å². The standard InChI is InChI=1S/C7H18N.BClH2O2/c1-5-8(4,6-2)7-3;2-1(3)4/h5-7H2,1-4H3;3-4H/q+1;. The fourth-order valence-electron chi connectivity index (χ4n) is 0.671. The number of nitrogens with zero attached hydrogens (tertiary/aromatic N) is 1. The Hall–Kier alpha value is 0.235. The molecule has 0 heterocycles. The van der Waals surface area contributed by atoms with Gasteiger partial charge in [0.15, 0.2) is 0 Å². The zero-order valence-electron chi connectivity index (χ0n) is 8.42. The minimum Gasteiger partial charge on any atom is -0.414 e. The Bertz CT molecular complexity index is 88.4. The molecule has 0 amide bonds. The zero-order valence-corrected chi connectivity index (χ0v) is 9.17. The zero-order chi connectivity index (χ0) is 10.2. The molecule has 0 spiro atoms. The second-order valence-electron chi connectivity index (χ2n) is 2.88. The van der Waals surface area contributed by atoms with E-state index in [1.54, 1.807) is 0 Å². The Morgan fingerprint density at radius 1 is 1.08 bits per heavy atom. The molecule has 0 radical (unpaired) electrons. The van der Waals surface area contributed by atoms with Gasteiger partial charge in [0.1, 0.15) is 0 Å². The van der Waals surface area contributed by atoms with E-state index < -0.39 is 6.53 Å². The first-order valence-corrected chi connectivity index (χ1v) is 4.69. The van der Waals surface area contributed by atoms with Gasteiger partial charge in [-0.25, -0.2) is 0 Å². The highest BCUT2D eigenvalue weighted by Gasteiger charge is 2.10. The number of quaternary nitrogens is 1. The van der Waals surface area contributed by atoms with E-state index >= 15 is 0 Å². The minimum absolute atomic E-state index is 1.21. The summed E-state index contributed by atoms with van der Waals surface area (Å²) < 4.78 is 1.21. The van der Waals surface area contributed by atoms with Crippen molar-refractivity contribution in [1.82, 2.24) is 0 Å². The largest absolute Gasteiger partial charge is 0.566 e. The molecule has 5 heteroatoms. The van der Waals surface area contributed by atoms with Gasteiger partial charge in [0.25, 0.3) is 0 Å². The van der Waals surface area contributed by atoms with E-state index in [9.17, 15) is 0 Å². The molecule has 3 nitrogen and oxygen atoms in total. The van der Waals surface area contributed by atoms with Crippen LogP contribution in [0.15, 0.2) is 0 Å². The molecule has 0 atom stereocenters. The fraction of sp³-hybridized carbons (Fsp3) is 1.00. The first kappa shape index (κ1) is 14.7. The summed E-state index contributed by atoms with van der Waals surface area (Å²) in [6, 6.07) is 0. The second kappa shape index (κ2) is 7.86. The molecule has 0 rings (SSSR count). The van der Waals surface area contributed by atoms with E-state index in [4.69, 9.17) is 10.0 Å². The lowest BCUT2D eigenvalue weighted by atomic mass is 10.4. The van der Waals surface area contributed by atoms with Gasteiger partial charge >= 0.3 is 6.53 Å². The average molecular weight is 197 g/mol. The van der Waals surface area contributed by atoms with Gasteiger partial charge in [0, 0.05) is 0 Å². The summed E-state index contributed by atoms with van der Waals surface area (Å²) >= 11 is 4.39. The van der Waals surface area contributed by atoms with Gasteiger partial charge in [-0.1, -0.05) is 0 Å². The Morgan fingerprint density at radius 2 is 1.25 bits per heavy atom. The molecule has 0 aliphatic carbocycles. The predicted molar refractivity (Wildman–Crippen MR) is 53.9 cm³/mol. The Labute approximate surface area is 80.6 Å². The van der Waals surface area contributed by atoms with Crippen LogP contribution >= 0.6 is 11.5 Å². The fourth-order valence-corrected chi connectivity index (χ4v) is 0.671. The van der Waals surface area contributed by atoms with Crippen molar-refractivity contribution in [3.8, 4) is 0 Å². The maximum Gasteiger partial charge on any atom is 0.566 e. The molecule has 0 saturated carbocycles. The number of hydrogen-bond donors (Lipinski definition) is 2. The lowest BCUT2D eigenvalue weighted by Crippen LogP contribution is -2.42. The third-order valence-corrected chi connectivity index (χ3v) is 2.29. The van der Waals surface area contributed by atoms with Gasteiger partial charge < -0.3 is 14.5 Å². The summed E-state index contributed by atoms with van der Waals surface area (Å²) in [7, 11) is 2.29. The number of halogens is 1. The predicted octanol–water partition coefficient (Wildman–Crippen LogP) is 0.687. The van der Waals surface area contributed by atoms with E-state index in [0.717, 1.165) is 0 Å². The van der Waals surface area contributed by atoms with E-state index in [1.165, 1.54) is 24.1 Å². The summed E-state index contributed by atoms with van der Waals surface area (Å²) in [6.07, 6.45) is 0. The summed E-state index contributed by atoms with van der Waals surface area (Å²) in [6.45, 7) is 8.81. The van der Waals surface area contributed by atoms with Crippen LogP contribution < -0.4 is 0 Å². The van der Waals surface area contributed by atoms with E-state index in [-0.39, 0.29) is 0 Å². The van der Waals surface area contributed by atoms with Crippen molar-refractivity contribution in [1.29, 1.82) is 0 Å². The molecular weight excluding hydrogens is 176 g/mol. The van der Waals surface area contributed by atoms with Gasteiger partial charge in [-0.15, -0.1) is 11.5 Å². The van der Waals surface area contributed by atoms with Crippen LogP contribution in [0.1, 0.15) is 20.8 Å². The average Bonchev–Trinajstić information content (AvgIpc) is 2.02. The van der Waals surface area contributed by atoms with Gasteiger partial charge in [-0.3, -0.25) is 0 Å². The lowest BCUT2D eigenvalue weighted by molar-refractivity contribution is -0.904. The third-order valence-electron chi connectivity index (χ3n) is 2.29. The van der Waals surface area contributed by atoms with Crippen molar-refractivity contribution >= 4 is 18.0 Å². The maximum atomic E-state index is 7.38. The molecule has 0 fully saturated rings. The monoisotopic (exact) mass is 196 g/mol. The molecule has 0 saturated heterocycles. The van der Waals surface area contributed by atoms with Crippen LogP contribution in [0.2, 0.25) is 0 Å². The quantitative estimate of drug-likeness (QED) is 0.515. The number of rotatable bonds is 3. The van der Waals surface area contributed by atoms with Crippen LogP contribution in [0.4, 0.5) is 0 Å². The summed E-state index contributed by atoms with van der Waals surface area (Å²) in [4.78, 5) is 0. The molecule has 0 aliphatic rings. The molecule has 2 N–H and O–H groups in total. The SMILES string of the molecule is CC[N+](C)(CC)CC.OB(O)Cl. The van der Waals surface area contributed by atoms with Gasteiger partial charge in [-0.2, -0.15) is 0 Å². The Kier molecular flexibility index (Phi) is 9.66. The Morgan fingerprint density at radius 3 is 1.25 bits per heavy atom. The maximum absolute atomic E-state index is 7.38. The molecule has 0 aromatic carbocycles. The molecule has 12 heavy (non-hydrogen) atoms. The molecule has 74 valence electrons. The molecule has 0 bridgehead atoms. The van der Waals surface area contributed by atoms with Crippen LogP contribution in [-0.2, 0) is 0 Å². The topological polar surface area (TPSA) is 40.5 Å². The highest BCUT2D eigenvalue weighted by molar-refractivity contribution is 6.97. The Balaban J connectivity index is 0. The summed E-state index contributed by atoms with van der Waals surface area (Å²) in [5, 5.41) is 14.8. The first-order valence-electron chi connectivity index (χ1n) is 4.25. The lowest BCUT2D eigenvalue weighted by Gasteiger charge is -2.30. The highest BCUT2D eigenvalue weighted by atomic mass is 35.5. The van der Waals surface area contributed by atoms with E-state index in [1.807, 2.05) is 0 Å². The van der Waals surface area contributed by atoms with Gasteiger partial charge in [0.2, 0.25) is 0 Å². The molecule has 0 aliphatic heterocycles. The van der Waals surface area contributed by atoms with Crippen LogP contribution in [0.5, 0.6) is 0 Å². The van der Waals surface area contributed by atoms with Gasteiger partial charge in [-0.05, 0) is 20.8 Å².